The zero-order valence-corrected chi connectivity index (χ0v) is 14.8. The third-order valence-corrected chi connectivity index (χ3v) is 5.00. The van der Waals surface area contributed by atoms with Crippen molar-refractivity contribution in [2.24, 2.45) is 7.05 Å². The van der Waals surface area contributed by atoms with Crippen LogP contribution in [-0.4, -0.2) is 26.8 Å². The van der Waals surface area contributed by atoms with E-state index in [0.717, 1.165) is 16.0 Å². The molecule has 0 spiro atoms. The number of aromatic nitrogens is 3. The Balaban J connectivity index is 1.44. The Morgan fingerprint density at radius 2 is 2.23 bits per heavy atom. The van der Waals surface area contributed by atoms with Crippen molar-refractivity contribution >= 4 is 28.2 Å². The first-order valence-corrected chi connectivity index (χ1v) is 8.94. The predicted molar refractivity (Wildman–Crippen MR) is 99.3 cm³/mol. The highest BCUT2D eigenvalue weighted by Crippen LogP contribution is 2.23. The Hall–Kier alpha value is -3.13. The van der Waals surface area contributed by atoms with Crippen LogP contribution in [0.2, 0.25) is 0 Å². The number of fused-ring (bicyclic) bond motifs is 1. The molecule has 4 aromatic rings. The summed E-state index contributed by atoms with van der Waals surface area (Å²) in [5.74, 6) is -0.227. The molecule has 0 unspecified atom stereocenters. The standard InChI is InChI=1S/C18H16N4O3S/c1-21-14(11-13(20-21)15-3-2-10-26-15)17(23)19-6-8-22-7-4-12-5-9-25-16(12)18(22)24/h2-5,7,9-11H,6,8H2,1H3,(H,19,23). The monoisotopic (exact) mass is 368 g/mol. The van der Waals surface area contributed by atoms with Crippen molar-refractivity contribution in [3.8, 4) is 10.6 Å². The number of pyridine rings is 1. The number of nitrogens with one attached hydrogen (secondary N) is 1. The summed E-state index contributed by atoms with van der Waals surface area (Å²) in [4.78, 5) is 25.7. The lowest BCUT2D eigenvalue weighted by Gasteiger charge is -2.07. The first-order chi connectivity index (χ1) is 12.6. The highest BCUT2D eigenvalue weighted by Gasteiger charge is 2.14. The van der Waals surface area contributed by atoms with Gasteiger partial charge in [-0.05, 0) is 29.6 Å². The van der Waals surface area contributed by atoms with Crippen LogP contribution in [0.25, 0.3) is 21.5 Å². The molecule has 0 aromatic carbocycles. The predicted octanol–water partition coefficient (Wildman–Crippen LogP) is 2.49. The summed E-state index contributed by atoms with van der Waals surface area (Å²) in [6.07, 6.45) is 3.19. The van der Waals surface area contributed by atoms with E-state index in [1.54, 1.807) is 41.4 Å². The molecular formula is C18H16N4O3S. The van der Waals surface area contributed by atoms with Crippen LogP contribution in [-0.2, 0) is 13.6 Å². The minimum Gasteiger partial charge on any atom is -0.459 e. The van der Waals surface area contributed by atoms with Crippen molar-refractivity contribution in [1.82, 2.24) is 19.7 Å². The molecule has 0 aliphatic heterocycles. The third-order valence-electron chi connectivity index (χ3n) is 4.11. The SMILES string of the molecule is Cn1nc(-c2cccs2)cc1C(=O)NCCn1ccc2ccoc2c1=O. The second-order valence-corrected chi connectivity index (χ2v) is 6.74. The lowest BCUT2D eigenvalue weighted by atomic mass is 10.3. The van der Waals surface area contributed by atoms with E-state index < -0.39 is 0 Å². The van der Waals surface area contributed by atoms with E-state index in [0.29, 0.717) is 24.4 Å². The van der Waals surface area contributed by atoms with Gasteiger partial charge in [-0.2, -0.15) is 5.10 Å². The third kappa shape index (κ3) is 2.95. The van der Waals surface area contributed by atoms with Crippen molar-refractivity contribution in [2.45, 2.75) is 6.54 Å². The van der Waals surface area contributed by atoms with Crippen LogP contribution in [0.15, 0.2) is 57.4 Å². The quantitative estimate of drug-likeness (QED) is 0.587. The molecule has 132 valence electrons. The molecule has 26 heavy (non-hydrogen) atoms. The average Bonchev–Trinajstić information content (AvgIpc) is 3.36. The van der Waals surface area contributed by atoms with Gasteiger partial charge in [0.05, 0.1) is 11.1 Å². The molecule has 1 amide bonds. The van der Waals surface area contributed by atoms with Gasteiger partial charge in [-0.15, -0.1) is 11.3 Å². The number of hydrogen-bond donors (Lipinski definition) is 1. The molecule has 0 aliphatic carbocycles. The van der Waals surface area contributed by atoms with Crippen molar-refractivity contribution in [2.75, 3.05) is 6.54 Å². The van der Waals surface area contributed by atoms with Crippen molar-refractivity contribution < 1.29 is 9.21 Å². The molecule has 0 aliphatic rings. The number of rotatable bonds is 5. The second-order valence-electron chi connectivity index (χ2n) is 5.79. The van der Waals surface area contributed by atoms with E-state index in [2.05, 4.69) is 10.4 Å². The minimum atomic E-state index is -0.227. The molecule has 0 radical (unpaired) electrons. The van der Waals surface area contributed by atoms with Gasteiger partial charge in [0.25, 0.3) is 11.5 Å². The van der Waals surface area contributed by atoms with Gasteiger partial charge in [0.2, 0.25) is 0 Å². The zero-order chi connectivity index (χ0) is 18.1. The fourth-order valence-electron chi connectivity index (χ4n) is 2.77. The summed E-state index contributed by atoms with van der Waals surface area (Å²) in [5, 5.41) is 9.95. The summed E-state index contributed by atoms with van der Waals surface area (Å²) in [6, 6.07) is 9.24. The van der Waals surface area contributed by atoms with E-state index in [9.17, 15) is 9.59 Å². The van der Waals surface area contributed by atoms with Crippen LogP contribution in [0, 0.1) is 0 Å². The summed E-state index contributed by atoms with van der Waals surface area (Å²) in [7, 11) is 1.74. The van der Waals surface area contributed by atoms with E-state index >= 15 is 0 Å². The second kappa shape index (κ2) is 6.64. The molecule has 0 saturated heterocycles. The zero-order valence-electron chi connectivity index (χ0n) is 14.0. The first kappa shape index (κ1) is 16.3. The first-order valence-electron chi connectivity index (χ1n) is 8.06. The van der Waals surface area contributed by atoms with Crippen molar-refractivity contribution in [1.29, 1.82) is 0 Å². The van der Waals surface area contributed by atoms with Crippen LogP contribution < -0.4 is 10.9 Å². The molecule has 8 heteroatoms. The summed E-state index contributed by atoms with van der Waals surface area (Å²) in [6.45, 7) is 0.682. The highest BCUT2D eigenvalue weighted by atomic mass is 32.1. The number of thiophene rings is 1. The van der Waals surface area contributed by atoms with Gasteiger partial charge in [-0.1, -0.05) is 6.07 Å². The van der Waals surface area contributed by atoms with Gasteiger partial charge >= 0.3 is 0 Å². The lowest BCUT2D eigenvalue weighted by molar-refractivity contribution is 0.0943. The normalized spacial score (nSPS) is 11.1. The summed E-state index contributed by atoms with van der Waals surface area (Å²) in [5.41, 5.74) is 1.36. The average molecular weight is 368 g/mol. The van der Waals surface area contributed by atoms with Crippen LogP contribution in [0.3, 0.4) is 0 Å². The fourth-order valence-corrected chi connectivity index (χ4v) is 3.45. The maximum absolute atomic E-state index is 12.4. The van der Waals surface area contributed by atoms with E-state index in [-0.39, 0.29) is 11.5 Å². The molecule has 0 bridgehead atoms. The molecule has 7 nitrogen and oxygen atoms in total. The number of carbonyl (C=O) groups is 1. The van der Waals surface area contributed by atoms with E-state index in [1.807, 2.05) is 23.6 Å². The Morgan fingerprint density at radius 3 is 3.04 bits per heavy atom. The van der Waals surface area contributed by atoms with Crippen LogP contribution >= 0.6 is 11.3 Å². The highest BCUT2D eigenvalue weighted by molar-refractivity contribution is 7.13. The maximum Gasteiger partial charge on any atom is 0.294 e. The van der Waals surface area contributed by atoms with Gasteiger partial charge in [0.1, 0.15) is 11.4 Å². The lowest BCUT2D eigenvalue weighted by Crippen LogP contribution is -2.31. The summed E-state index contributed by atoms with van der Waals surface area (Å²) >= 11 is 1.57. The number of aryl methyl sites for hydroxylation is 1. The Bertz CT molecular complexity index is 1120. The number of hydrogen-bond acceptors (Lipinski definition) is 5. The topological polar surface area (TPSA) is 82.1 Å². The number of amides is 1. The van der Waals surface area contributed by atoms with Crippen molar-refractivity contribution in [3.63, 3.8) is 0 Å². The molecule has 4 rings (SSSR count). The van der Waals surface area contributed by atoms with Gasteiger partial charge in [0.15, 0.2) is 5.58 Å². The molecule has 4 heterocycles. The fraction of sp³-hybridized carbons (Fsp3) is 0.167. The van der Waals surface area contributed by atoms with Gasteiger partial charge in [-0.3, -0.25) is 14.3 Å². The molecule has 0 saturated carbocycles. The smallest absolute Gasteiger partial charge is 0.294 e. The van der Waals surface area contributed by atoms with Crippen LogP contribution in [0.4, 0.5) is 0 Å². The number of nitrogens with zero attached hydrogens (tertiary/aromatic N) is 3. The van der Waals surface area contributed by atoms with Crippen molar-refractivity contribution in [3.05, 3.63) is 64.2 Å². The van der Waals surface area contributed by atoms with E-state index in [1.165, 1.54) is 10.8 Å². The van der Waals surface area contributed by atoms with Gasteiger partial charge in [-0.25, -0.2) is 0 Å². The minimum absolute atomic E-state index is 0.206. The summed E-state index contributed by atoms with van der Waals surface area (Å²) < 4.78 is 8.29. The number of furan rings is 1. The van der Waals surface area contributed by atoms with Gasteiger partial charge < -0.3 is 14.3 Å². The Morgan fingerprint density at radius 1 is 1.35 bits per heavy atom. The Kier molecular flexibility index (Phi) is 4.18. The van der Waals surface area contributed by atoms with Crippen LogP contribution in [0.5, 0.6) is 0 Å². The maximum atomic E-state index is 12.4. The largest absolute Gasteiger partial charge is 0.459 e. The van der Waals surface area contributed by atoms with Crippen LogP contribution in [0.1, 0.15) is 10.5 Å². The molecule has 0 atom stereocenters. The van der Waals surface area contributed by atoms with E-state index in [4.69, 9.17) is 4.42 Å². The Labute approximate surface area is 152 Å². The molecular weight excluding hydrogens is 352 g/mol. The molecule has 4 aromatic heterocycles. The molecule has 0 fully saturated rings. The molecule has 1 N–H and O–H groups in total. The van der Waals surface area contributed by atoms with Gasteiger partial charge in [0, 0.05) is 31.7 Å². The number of carbonyl (C=O) groups excluding carboxylic acids is 1.